The highest BCUT2D eigenvalue weighted by atomic mass is 79.9. The normalized spacial score (nSPS) is 11.0. The molecule has 0 atom stereocenters. The highest BCUT2D eigenvalue weighted by Crippen LogP contribution is 2.19. The van der Waals surface area contributed by atoms with Gasteiger partial charge in [0.05, 0.1) is 0 Å². The van der Waals surface area contributed by atoms with E-state index in [4.69, 9.17) is 4.42 Å². The van der Waals surface area contributed by atoms with Gasteiger partial charge in [0, 0.05) is 24.3 Å². The van der Waals surface area contributed by atoms with E-state index >= 15 is 0 Å². The molecule has 1 aromatic carbocycles. The van der Waals surface area contributed by atoms with Crippen molar-refractivity contribution >= 4 is 32.7 Å². The minimum absolute atomic E-state index is 0.181. The highest BCUT2D eigenvalue weighted by molar-refractivity contribution is 9.10. The third-order valence-corrected chi connectivity index (χ3v) is 4.08. The number of furan rings is 1. The second-order valence-corrected chi connectivity index (χ2v) is 5.99. The monoisotopic (exact) mass is 360 g/mol. The predicted octanol–water partition coefficient (Wildman–Crippen LogP) is 4.13. The van der Waals surface area contributed by atoms with Crippen molar-refractivity contribution < 1.29 is 9.21 Å². The van der Waals surface area contributed by atoms with E-state index in [1.54, 1.807) is 12.1 Å². The maximum absolute atomic E-state index is 11.9. The number of rotatable bonds is 5. The second kappa shape index (κ2) is 6.40. The number of carbonyl (C=O) groups excluding carboxylic acids is 1. The number of hydrogen-bond acceptors (Lipinski definition) is 2. The summed E-state index contributed by atoms with van der Waals surface area (Å²) in [5, 5.41) is 4.13. The Labute approximate surface area is 137 Å². The van der Waals surface area contributed by atoms with E-state index in [-0.39, 0.29) is 5.91 Å². The van der Waals surface area contributed by atoms with Crippen molar-refractivity contribution in [2.24, 2.45) is 0 Å². The summed E-state index contributed by atoms with van der Waals surface area (Å²) in [6.07, 6.45) is 0.868. The molecule has 0 aliphatic heterocycles. The van der Waals surface area contributed by atoms with Crippen molar-refractivity contribution in [2.75, 3.05) is 6.54 Å². The Morgan fingerprint density at radius 2 is 2.09 bits per heavy atom. The molecule has 2 heterocycles. The molecule has 0 aliphatic rings. The maximum Gasteiger partial charge on any atom is 0.287 e. The summed E-state index contributed by atoms with van der Waals surface area (Å²) < 4.78 is 8.07. The Morgan fingerprint density at radius 1 is 1.27 bits per heavy atom. The largest absolute Gasteiger partial charge is 0.444 e. The first-order valence-corrected chi connectivity index (χ1v) is 8.03. The van der Waals surface area contributed by atoms with Crippen LogP contribution in [0, 0.1) is 6.92 Å². The molecule has 0 saturated carbocycles. The van der Waals surface area contributed by atoms with E-state index in [1.807, 2.05) is 6.07 Å². The molecule has 5 heteroatoms. The lowest BCUT2D eigenvalue weighted by atomic mass is 10.2. The summed E-state index contributed by atoms with van der Waals surface area (Å²) in [5.74, 6) is 0.147. The number of carbonyl (C=O) groups is 1. The molecule has 1 amide bonds. The van der Waals surface area contributed by atoms with Crippen molar-refractivity contribution in [3.05, 3.63) is 58.6 Å². The number of amides is 1. The number of halogens is 1. The van der Waals surface area contributed by atoms with Gasteiger partial charge in [0.2, 0.25) is 0 Å². The molecule has 4 nitrogen and oxygen atoms in total. The van der Waals surface area contributed by atoms with Gasteiger partial charge in [0.25, 0.3) is 5.91 Å². The molecule has 2 aromatic heterocycles. The zero-order chi connectivity index (χ0) is 15.5. The van der Waals surface area contributed by atoms with E-state index in [0.29, 0.717) is 17.0 Å². The fourth-order valence-electron chi connectivity index (χ4n) is 2.61. The summed E-state index contributed by atoms with van der Waals surface area (Å²) >= 11 is 3.19. The van der Waals surface area contributed by atoms with Gasteiger partial charge in [-0.2, -0.15) is 0 Å². The molecule has 0 bridgehead atoms. The third kappa shape index (κ3) is 3.09. The van der Waals surface area contributed by atoms with Gasteiger partial charge < -0.3 is 14.3 Å². The topological polar surface area (TPSA) is 47.2 Å². The fraction of sp³-hybridized carbons (Fsp3) is 0.235. The molecule has 0 unspecified atom stereocenters. The van der Waals surface area contributed by atoms with Gasteiger partial charge in [-0.15, -0.1) is 0 Å². The van der Waals surface area contributed by atoms with Gasteiger partial charge >= 0.3 is 0 Å². The first kappa shape index (κ1) is 14.9. The summed E-state index contributed by atoms with van der Waals surface area (Å²) in [7, 11) is 0. The van der Waals surface area contributed by atoms with Crippen LogP contribution in [-0.2, 0) is 6.54 Å². The van der Waals surface area contributed by atoms with Crippen molar-refractivity contribution in [1.82, 2.24) is 9.88 Å². The quantitative estimate of drug-likeness (QED) is 0.695. The van der Waals surface area contributed by atoms with Gasteiger partial charge in [-0.25, -0.2) is 0 Å². The van der Waals surface area contributed by atoms with Crippen LogP contribution in [0.15, 0.2) is 51.6 Å². The average molecular weight is 361 g/mol. The lowest BCUT2D eigenvalue weighted by Gasteiger charge is -2.08. The van der Waals surface area contributed by atoms with Crippen molar-refractivity contribution in [3.63, 3.8) is 0 Å². The van der Waals surface area contributed by atoms with Crippen molar-refractivity contribution in [2.45, 2.75) is 19.9 Å². The summed E-state index contributed by atoms with van der Waals surface area (Å²) in [5.41, 5.74) is 2.48. The zero-order valence-corrected chi connectivity index (χ0v) is 13.9. The summed E-state index contributed by atoms with van der Waals surface area (Å²) in [4.78, 5) is 11.9. The van der Waals surface area contributed by atoms with Crippen LogP contribution in [0.2, 0.25) is 0 Å². The van der Waals surface area contributed by atoms with Crippen LogP contribution in [0.3, 0.4) is 0 Å². The molecular formula is C17H17BrN2O2. The van der Waals surface area contributed by atoms with Crippen molar-refractivity contribution in [3.8, 4) is 0 Å². The molecule has 0 spiro atoms. The standard InChI is InChI=1S/C17H17BrN2O2/c1-12-11-13-5-2-3-6-14(13)20(12)10-4-9-19-17(21)15-7-8-16(18)22-15/h2-3,5-8,11H,4,9-10H2,1H3,(H,19,21). The van der Waals surface area contributed by atoms with Crippen LogP contribution in [0.4, 0.5) is 0 Å². The van der Waals surface area contributed by atoms with Gasteiger partial charge in [-0.1, -0.05) is 18.2 Å². The minimum atomic E-state index is -0.181. The Hall–Kier alpha value is -2.01. The average Bonchev–Trinajstić information content (AvgIpc) is 3.07. The Morgan fingerprint density at radius 3 is 2.86 bits per heavy atom. The first-order chi connectivity index (χ1) is 10.6. The van der Waals surface area contributed by atoms with Crippen LogP contribution in [-0.4, -0.2) is 17.0 Å². The SMILES string of the molecule is Cc1cc2ccccc2n1CCCNC(=O)c1ccc(Br)o1. The molecule has 3 aromatic rings. The van der Waals surface area contributed by atoms with Crippen molar-refractivity contribution in [1.29, 1.82) is 0 Å². The zero-order valence-electron chi connectivity index (χ0n) is 12.3. The van der Waals surface area contributed by atoms with Crippen LogP contribution in [0.1, 0.15) is 22.7 Å². The number of aryl methyl sites for hydroxylation is 2. The molecular weight excluding hydrogens is 344 g/mol. The molecule has 114 valence electrons. The predicted molar refractivity (Wildman–Crippen MR) is 90.0 cm³/mol. The molecule has 0 aliphatic carbocycles. The van der Waals surface area contributed by atoms with E-state index in [9.17, 15) is 4.79 Å². The number of aromatic nitrogens is 1. The van der Waals surface area contributed by atoms with Gasteiger partial charge in [0.15, 0.2) is 10.4 Å². The lowest BCUT2D eigenvalue weighted by Crippen LogP contribution is -2.24. The minimum Gasteiger partial charge on any atom is -0.444 e. The molecule has 0 fully saturated rings. The number of fused-ring (bicyclic) bond motifs is 1. The van der Waals surface area contributed by atoms with Crippen LogP contribution >= 0.6 is 15.9 Å². The van der Waals surface area contributed by atoms with E-state index in [0.717, 1.165) is 13.0 Å². The Balaban J connectivity index is 1.56. The lowest BCUT2D eigenvalue weighted by molar-refractivity contribution is 0.0924. The van der Waals surface area contributed by atoms with E-state index in [2.05, 4.69) is 57.0 Å². The van der Waals surface area contributed by atoms with Gasteiger partial charge in [-0.05, 0) is 58.9 Å². The van der Waals surface area contributed by atoms with Crippen LogP contribution in [0.25, 0.3) is 10.9 Å². The first-order valence-electron chi connectivity index (χ1n) is 7.23. The fourth-order valence-corrected chi connectivity index (χ4v) is 2.91. The van der Waals surface area contributed by atoms with E-state index < -0.39 is 0 Å². The number of para-hydroxylation sites is 1. The summed E-state index contributed by atoms with van der Waals surface area (Å²) in [6.45, 7) is 3.60. The van der Waals surface area contributed by atoms with Gasteiger partial charge in [0.1, 0.15) is 0 Å². The highest BCUT2D eigenvalue weighted by Gasteiger charge is 2.09. The molecule has 0 saturated heterocycles. The number of hydrogen-bond donors (Lipinski definition) is 1. The van der Waals surface area contributed by atoms with Gasteiger partial charge in [-0.3, -0.25) is 4.79 Å². The Bertz CT molecular complexity index is 804. The molecule has 0 radical (unpaired) electrons. The molecule has 22 heavy (non-hydrogen) atoms. The number of benzene rings is 1. The molecule has 1 N–H and O–H groups in total. The van der Waals surface area contributed by atoms with E-state index in [1.165, 1.54) is 16.6 Å². The summed E-state index contributed by atoms with van der Waals surface area (Å²) in [6, 6.07) is 13.9. The second-order valence-electron chi connectivity index (χ2n) is 5.21. The molecule has 3 rings (SSSR count). The number of nitrogens with zero attached hydrogens (tertiary/aromatic N) is 1. The smallest absolute Gasteiger partial charge is 0.287 e. The van der Waals surface area contributed by atoms with Crippen LogP contribution in [0.5, 0.6) is 0 Å². The van der Waals surface area contributed by atoms with Crippen LogP contribution < -0.4 is 5.32 Å². The number of nitrogens with one attached hydrogen (secondary N) is 1. The third-order valence-electron chi connectivity index (χ3n) is 3.66. The Kier molecular flexibility index (Phi) is 4.34. The maximum atomic E-state index is 11.9.